The van der Waals surface area contributed by atoms with E-state index in [-0.39, 0.29) is 79.6 Å². The van der Waals surface area contributed by atoms with Gasteiger partial charge in [0.05, 0.1) is 23.1 Å². The predicted octanol–water partition coefficient (Wildman–Crippen LogP) is 24.3. The number of carbonyl (C=O) groups excluding carboxylic acids is 2. The number of sulfonamides is 1. The maximum Gasteiger partial charge on any atom is 0.417 e. The summed E-state index contributed by atoms with van der Waals surface area (Å²) < 4.78 is 71.0. The standard InChI is InChI=1S/C15H30N2O2S.C14H29NO.C13H23F3O.C13H25NO.C12H25NO.C12H19N.C11H24O.3CH4/c1-5-13(15(2,3)4)12-16-8-10-17(11-9-16)20(18,19)14-6-7-14;1-7-12(13(2,3)4)10-15-8-9-16-14(5,6)11-15;1-5-9(11(2,3)4)8-12(17,10-6-7-10)13(14,15)16;1-6-11(13(3,4)5)9-14(10(2)15)12-7-8-12;1-8-9(11(2,3)4)10(14)13-12(5,6)7;1-5-10(12(2,3)4)11-8-6-7-9-13-11;1-7-9(10(2,3)4)8-11(5,6)12;;;/h13-14H,5-12H2,1-4H3;12H,7-11H2,1-6H3;9-10,17H,5-8H2,1-4H3;11-12H,6-9H2,1-5H3;9H,8H2,1-7H3,(H,13,14);6-10H,5H2,1-4H3;9,12H,7-8H2,1-6H3;3*1H4/t13-;12-;9-,12?;11-;9-;10-;9-;;;/m0000000.../s1. The van der Waals surface area contributed by atoms with Gasteiger partial charge in [-0.05, 0) is 198 Å². The summed E-state index contributed by atoms with van der Waals surface area (Å²) in [5.74, 6) is 3.06. The molecule has 17 heteroatoms. The van der Waals surface area contributed by atoms with Crippen molar-refractivity contribution in [3.8, 4) is 0 Å². The summed E-state index contributed by atoms with van der Waals surface area (Å²) in [4.78, 5) is 35.0. The summed E-state index contributed by atoms with van der Waals surface area (Å²) in [6.07, 6.45) is 10.7. The van der Waals surface area contributed by atoms with Gasteiger partial charge in [-0.1, -0.05) is 254 Å². The van der Waals surface area contributed by atoms with Crippen LogP contribution in [0, 0.1) is 79.3 Å². The number of nitrogens with one attached hydrogen (secondary N) is 1. The topological polar surface area (TPSA) is 156 Å². The summed E-state index contributed by atoms with van der Waals surface area (Å²) in [6.45, 7) is 87.0. The average molecular weight is 1590 g/mol. The van der Waals surface area contributed by atoms with Crippen LogP contribution in [0.1, 0.15) is 379 Å². The fourth-order valence-electron chi connectivity index (χ4n) is 15.5. The van der Waals surface area contributed by atoms with Gasteiger partial charge < -0.3 is 30.1 Å². The zero-order chi connectivity index (χ0) is 83.9. The number of aromatic nitrogens is 1. The summed E-state index contributed by atoms with van der Waals surface area (Å²) in [6, 6.07) is 6.72. The summed E-state index contributed by atoms with van der Waals surface area (Å²) >= 11 is 0. The molecule has 3 heterocycles. The number of piperazine rings is 1. The van der Waals surface area contributed by atoms with Crippen LogP contribution >= 0.6 is 0 Å². The predicted molar refractivity (Wildman–Crippen MR) is 470 cm³/mol. The van der Waals surface area contributed by atoms with E-state index in [9.17, 15) is 41.4 Å². The maximum atomic E-state index is 13.0. The normalized spacial score (nSPS) is 19.6. The Balaban J connectivity index is -0.000000597. The molecule has 3 N–H and O–H groups in total. The molecular formula is C93H187F3N6O7S. The maximum absolute atomic E-state index is 13.0. The second-order valence-electron chi connectivity index (χ2n) is 42.6. The molecule has 8 atom stereocenters. The number of aliphatic hydroxyl groups is 2. The van der Waals surface area contributed by atoms with Crippen LogP contribution in [-0.2, 0) is 24.3 Å². The van der Waals surface area contributed by atoms with Crippen molar-refractivity contribution in [1.82, 2.24) is 29.3 Å². The largest absolute Gasteiger partial charge is 0.417 e. The first-order valence-corrected chi connectivity index (χ1v) is 43.8. The number of pyridine rings is 1. The van der Waals surface area contributed by atoms with E-state index in [0.717, 1.165) is 96.7 Å². The van der Waals surface area contributed by atoms with Gasteiger partial charge in [-0.2, -0.15) is 17.5 Å². The number of ether oxygens (including phenoxy) is 1. The molecule has 2 saturated heterocycles. The van der Waals surface area contributed by atoms with Crippen molar-refractivity contribution in [3.63, 3.8) is 0 Å². The van der Waals surface area contributed by atoms with Crippen molar-refractivity contribution >= 4 is 21.8 Å². The smallest absolute Gasteiger partial charge is 0.390 e. The summed E-state index contributed by atoms with van der Waals surface area (Å²) in [7, 11) is -2.97. The number of amides is 2. The molecule has 1 aromatic rings. The Labute approximate surface area is 682 Å². The van der Waals surface area contributed by atoms with Gasteiger partial charge >= 0.3 is 6.18 Å². The van der Waals surface area contributed by atoms with E-state index in [1.807, 2.05) is 74.6 Å². The highest BCUT2D eigenvalue weighted by Gasteiger charge is 2.62. The molecule has 2 amide bonds. The van der Waals surface area contributed by atoms with Crippen LogP contribution in [0.2, 0.25) is 0 Å². The molecule has 0 radical (unpaired) electrons. The Hall–Kier alpha value is -2.41. The molecule has 3 aliphatic carbocycles. The zero-order valence-corrected chi connectivity index (χ0v) is 77.3. The fraction of sp³-hybridized carbons (Fsp3) is 0.925. The van der Waals surface area contributed by atoms with E-state index in [0.29, 0.717) is 89.1 Å². The fourth-order valence-corrected chi connectivity index (χ4v) is 17.3. The molecule has 0 spiro atoms. The summed E-state index contributed by atoms with van der Waals surface area (Å²) in [5.41, 5.74) is -0.359. The first-order chi connectivity index (χ1) is 48.2. The van der Waals surface area contributed by atoms with Crippen molar-refractivity contribution in [2.24, 2.45) is 79.3 Å². The second-order valence-corrected chi connectivity index (χ2v) is 44.8. The van der Waals surface area contributed by atoms with Gasteiger partial charge in [0, 0.05) is 101 Å². The van der Waals surface area contributed by atoms with E-state index < -0.39 is 33.3 Å². The third-order valence-corrected chi connectivity index (χ3v) is 25.7. The van der Waals surface area contributed by atoms with Crippen LogP contribution in [0.5, 0.6) is 0 Å². The molecule has 0 aromatic carbocycles. The molecule has 1 unspecified atom stereocenters. The SMILES string of the molecule is C.C.C.CC[C@@H](C(=O)NC(C)(C)C)C(C)(C)C.CC[C@@H](CC(C)(C)O)C(C)(C)C.CC[C@@H](CC(O)(C1CC1)C(F)(F)F)C(C)(C)C.CC[C@@H](CN(C(C)=O)C1CC1)C(C)(C)C.CC[C@@H](CN1CCN(S(=O)(=O)C2CC2)CC1)C(C)(C)C.CC[C@@H](CN1CCOC(C)(C)C1)C(C)(C)C.CC[C@@H](c1ccccn1)C(C)(C)C. The molecule has 1 aromatic heterocycles. The minimum Gasteiger partial charge on any atom is -0.390 e. The lowest BCUT2D eigenvalue weighted by molar-refractivity contribution is -0.276. The number of hydrogen-bond donors (Lipinski definition) is 3. The Kier molecular flexibility index (Phi) is 48.9. The van der Waals surface area contributed by atoms with Crippen molar-refractivity contribution in [1.29, 1.82) is 0 Å². The van der Waals surface area contributed by atoms with Crippen molar-refractivity contribution in [2.75, 3.05) is 65.5 Å². The van der Waals surface area contributed by atoms with Crippen LogP contribution in [0.4, 0.5) is 13.2 Å². The zero-order valence-electron chi connectivity index (χ0n) is 76.5. The lowest BCUT2D eigenvalue weighted by atomic mass is 9.72. The van der Waals surface area contributed by atoms with Gasteiger partial charge in [-0.3, -0.25) is 19.5 Å². The Morgan fingerprint density at radius 3 is 1.25 bits per heavy atom. The Bertz CT molecular complexity index is 2730. The first-order valence-electron chi connectivity index (χ1n) is 42.3. The molecule has 5 aliphatic rings. The molecule has 110 heavy (non-hydrogen) atoms. The highest BCUT2D eigenvalue weighted by Crippen LogP contribution is 2.53. The van der Waals surface area contributed by atoms with E-state index in [1.165, 1.54) is 37.9 Å². The van der Waals surface area contributed by atoms with Gasteiger partial charge in [0.15, 0.2) is 5.60 Å². The highest BCUT2D eigenvalue weighted by molar-refractivity contribution is 7.90. The minimum absolute atomic E-state index is 0. The number of nitrogens with zero attached hydrogens (tertiary/aromatic N) is 5. The van der Waals surface area contributed by atoms with Crippen LogP contribution in [0.3, 0.4) is 0 Å². The van der Waals surface area contributed by atoms with Crippen molar-refractivity contribution in [3.05, 3.63) is 30.1 Å². The number of morpholine rings is 1. The average Bonchev–Trinajstić information content (AvgIpc) is 1.59. The molecule has 0 bridgehead atoms. The lowest BCUT2D eigenvalue weighted by Crippen LogP contribution is -2.51. The van der Waals surface area contributed by atoms with Gasteiger partial charge in [-0.15, -0.1) is 0 Å². The monoisotopic (exact) mass is 1590 g/mol. The Morgan fingerprint density at radius 2 is 0.973 bits per heavy atom. The second kappa shape index (κ2) is 47.3. The number of rotatable bonds is 23. The van der Waals surface area contributed by atoms with Crippen LogP contribution in [0.25, 0.3) is 0 Å². The van der Waals surface area contributed by atoms with E-state index >= 15 is 0 Å². The van der Waals surface area contributed by atoms with Crippen molar-refractivity contribution in [2.45, 2.75) is 414 Å². The first kappa shape index (κ1) is 114. The lowest BCUT2D eigenvalue weighted by Gasteiger charge is -2.42. The molecule has 658 valence electrons. The molecule has 2 aliphatic heterocycles. The van der Waals surface area contributed by atoms with E-state index in [4.69, 9.17) is 4.74 Å². The number of halogens is 3. The minimum atomic E-state index is -4.51. The van der Waals surface area contributed by atoms with E-state index in [2.05, 4.69) is 217 Å². The number of alkyl halides is 3. The third-order valence-electron chi connectivity index (χ3n) is 23.3. The molecule has 5 fully saturated rings. The van der Waals surface area contributed by atoms with Crippen LogP contribution < -0.4 is 5.32 Å². The van der Waals surface area contributed by atoms with Crippen molar-refractivity contribution < 1.29 is 46.1 Å². The van der Waals surface area contributed by atoms with Gasteiger partial charge in [0.25, 0.3) is 0 Å². The molecule has 3 saturated carbocycles. The molecule has 6 rings (SSSR count). The highest BCUT2D eigenvalue weighted by atomic mass is 32.2. The molecular weight excluding hydrogens is 1400 g/mol. The van der Waals surface area contributed by atoms with Crippen LogP contribution in [0.15, 0.2) is 24.4 Å². The summed E-state index contributed by atoms with van der Waals surface area (Å²) in [5, 5.41) is 22.7. The number of carbonyl (C=O) groups is 2. The third kappa shape index (κ3) is 43.7. The quantitative estimate of drug-likeness (QED) is 0.0964. The van der Waals surface area contributed by atoms with E-state index in [1.54, 1.807) is 11.2 Å². The van der Waals surface area contributed by atoms with Gasteiger partial charge in [0.2, 0.25) is 21.8 Å². The molecule has 13 nitrogen and oxygen atoms in total. The van der Waals surface area contributed by atoms with Gasteiger partial charge in [-0.25, -0.2) is 8.42 Å². The van der Waals surface area contributed by atoms with Crippen LogP contribution in [-0.4, -0.2) is 160 Å². The van der Waals surface area contributed by atoms with Gasteiger partial charge in [0.1, 0.15) is 0 Å². The number of hydrogen-bond acceptors (Lipinski definition) is 10. The Morgan fingerprint density at radius 1 is 0.555 bits per heavy atom.